The van der Waals surface area contributed by atoms with Gasteiger partial charge in [0.05, 0.1) is 39.4 Å². The van der Waals surface area contributed by atoms with Crippen molar-refractivity contribution in [3.63, 3.8) is 0 Å². The second kappa shape index (κ2) is 9.69. The Morgan fingerprint density at radius 1 is 1.03 bits per heavy atom. The number of ether oxygens (including phenoxy) is 1. The number of benzene rings is 2. The summed E-state index contributed by atoms with van der Waals surface area (Å²) < 4.78 is 43.6. The zero-order valence-electron chi connectivity index (χ0n) is 18.2. The van der Waals surface area contributed by atoms with Gasteiger partial charge in [-0.3, -0.25) is 19.3 Å². The Morgan fingerprint density at radius 2 is 1.69 bits per heavy atom. The van der Waals surface area contributed by atoms with Gasteiger partial charge < -0.3 is 10.1 Å². The molecule has 3 amide bonds. The fourth-order valence-corrected chi connectivity index (χ4v) is 4.55. The quantitative estimate of drug-likeness (QED) is 0.461. The number of alkyl halides is 3. The molecule has 1 saturated heterocycles. The van der Waals surface area contributed by atoms with Crippen molar-refractivity contribution in [1.82, 2.24) is 0 Å². The Balaban J connectivity index is 1.41. The number of hydrogen-bond acceptors (Lipinski definition) is 5. The number of carbonyl (C=O) groups is 4. The molecule has 1 saturated carbocycles. The molecule has 1 N–H and O–H groups in total. The van der Waals surface area contributed by atoms with E-state index in [1.54, 1.807) is 0 Å². The van der Waals surface area contributed by atoms with Gasteiger partial charge in [0.25, 0.3) is 5.91 Å². The second-order valence-corrected chi connectivity index (χ2v) is 8.78. The maximum Gasteiger partial charge on any atom is 0.416 e. The molecule has 0 radical (unpaired) electrons. The van der Waals surface area contributed by atoms with E-state index in [9.17, 15) is 32.3 Å². The average molecular weight is 509 g/mol. The molecule has 1 heterocycles. The normalized spacial score (nSPS) is 19.9. The van der Waals surface area contributed by atoms with Crippen LogP contribution in [0, 0.1) is 11.8 Å². The van der Waals surface area contributed by atoms with Gasteiger partial charge in [-0.2, -0.15) is 13.2 Å². The molecular formula is C24H20ClF3N2O5. The Labute approximate surface area is 203 Å². The van der Waals surface area contributed by atoms with E-state index in [-0.39, 0.29) is 45.6 Å². The molecule has 2 aromatic carbocycles. The highest BCUT2D eigenvalue weighted by Crippen LogP contribution is 2.40. The molecule has 2 atom stereocenters. The van der Waals surface area contributed by atoms with Crippen LogP contribution in [0.5, 0.6) is 0 Å². The van der Waals surface area contributed by atoms with Crippen LogP contribution in [-0.2, 0) is 25.3 Å². The molecule has 2 aliphatic rings. The van der Waals surface area contributed by atoms with Crippen molar-refractivity contribution in [1.29, 1.82) is 0 Å². The zero-order valence-corrected chi connectivity index (χ0v) is 19.0. The minimum absolute atomic E-state index is 0.00266. The van der Waals surface area contributed by atoms with E-state index in [0.29, 0.717) is 18.9 Å². The van der Waals surface area contributed by atoms with Crippen LogP contribution >= 0.6 is 11.6 Å². The van der Waals surface area contributed by atoms with E-state index < -0.39 is 30.2 Å². The van der Waals surface area contributed by atoms with Crippen molar-refractivity contribution in [2.45, 2.75) is 31.9 Å². The van der Waals surface area contributed by atoms with Gasteiger partial charge >= 0.3 is 12.1 Å². The summed E-state index contributed by atoms with van der Waals surface area (Å²) in [6.07, 6.45) is -1.56. The maximum absolute atomic E-state index is 12.9. The maximum atomic E-state index is 12.9. The highest BCUT2D eigenvalue weighted by molar-refractivity contribution is 6.33. The van der Waals surface area contributed by atoms with Crippen molar-refractivity contribution in [2.24, 2.45) is 11.8 Å². The fourth-order valence-electron chi connectivity index (χ4n) is 4.39. The number of fused-ring (bicyclic) bond motifs is 1. The lowest BCUT2D eigenvalue weighted by atomic mass is 9.81. The molecule has 2 fully saturated rings. The molecule has 7 nitrogen and oxygen atoms in total. The first-order chi connectivity index (χ1) is 16.6. The number of nitrogens with zero attached hydrogens (tertiary/aromatic N) is 1. The first-order valence-corrected chi connectivity index (χ1v) is 11.3. The second-order valence-electron chi connectivity index (χ2n) is 8.38. The van der Waals surface area contributed by atoms with Crippen molar-refractivity contribution in [3.8, 4) is 0 Å². The van der Waals surface area contributed by atoms with Gasteiger partial charge in [-0.15, -0.1) is 0 Å². The van der Waals surface area contributed by atoms with Gasteiger partial charge in [0, 0.05) is 0 Å². The lowest BCUT2D eigenvalue weighted by Crippen LogP contribution is -2.31. The molecular weight excluding hydrogens is 489 g/mol. The van der Waals surface area contributed by atoms with Gasteiger partial charge in [0.15, 0.2) is 6.61 Å². The number of esters is 1. The van der Waals surface area contributed by atoms with Crippen LogP contribution in [0.4, 0.5) is 24.5 Å². The van der Waals surface area contributed by atoms with E-state index in [0.717, 1.165) is 29.9 Å². The average Bonchev–Trinajstić information content (AvgIpc) is 3.08. The summed E-state index contributed by atoms with van der Waals surface area (Å²) >= 11 is 5.85. The molecule has 0 spiro atoms. The number of hydrogen-bond donors (Lipinski definition) is 1. The van der Waals surface area contributed by atoms with Crippen molar-refractivity contribution < 1.29 is 37.1 Å². The van der Waals surface area contributed by atoms with E-state index in [4.69, 9.17) is 16.3 Å². The predicted octanol–water partition coefficient (Wildman–Crippen LogP) is 4.83. The van der Waals surface area contributed by atoms with Gasteiger partial charge in [0.2, 0.25) is 11.8 Å². The van der Waals surface area contributed by atoms with E-state index in [1.165, 1.54) is 24.3 Å². The summed E-state index contributed by atoms with van der Waals surface area (Å²) in [6, 6.07) is 8.18. The number of nitrogens with one attached hydrogen (secondary N) is 1. The zero-order chi connectivity index (χ0) is 25.3. The summed E-state index contributed by atoms with van der Waals surface area (Å²) in [5.41, 5.74) is -1.04. The molecule has 0 bridgehead atoms. The number of halogens is 4. The largest absolute Gasteiger partial charge is 0.452 e. The van der Waals surface area contributed by atoms with Crippen LogP contribution in [0.25, 0.3) is 0 Å². The summed E-state index contributed by atoms with van der Waals surface area (Å²) in [4.78, 5) is 51.3. The molecule has 2 aromatic rings. The summed E-state index contributed by atoms with van der Waals surface area (Å²) in [5.74, 6) is -3.08. The Morgan fingerprint density at radius 3 is 2.31 bits per heavy atom. The van der Waals surface area contributed by atoms with Crippen LogP contribution in [0.2, 0.25) is 5.02 Å². The highest BCUT2D eigenvalue weighted by Gasteiger charge is 2.48. The van der Waals surface area contributed by atoms with Crippen LogP contribution in [0.15, 0.2) is 42.5 Å². The van der Waals surface area contributed by atoms with Crippen LogP contribution in [0.3, 0.4) is 0 Å². The topological polar surface area (TPSA) is 92.8 Å². The smallest absolute Gasteiger partial charge is 0.416 e. The van der Waals surface area contributed by atoms with Gasteiger partial charge in [0.1, 0.15) is 0 Å². The number of carbonyl (C=O) groups excluding carboxylic acids is 4. The lowest BCUT2D eigenvalue weighted by molar-refractivity contribution is -0.137. The van der Waals surface area contributed by atoms with Gasteiger partial charge in [-0.05, 0) is 49.2 Å². The third-order valence-electron chi connectivity index (χ3n) is 6.08. The van der Waals surface area contributed by atoms with E-state index >= 15 is 0 Å². The van der Waals surface area contributed by atoms with Gasteiger partial charge in [-0.1, -0.05) is 30.5 Å². The first kappa shape index (κ1) is 24.7. The molecule has 0 aromatic heterocycles. The SMILES string of the molecule is O=C(COC(=O)c1cccc(N2C(=O)[C@H]3CCCC[C@H]3C2=O)c1)Nc1cc(C(F)(F)F)ccc1Cl. The number of anilines is 2. The van der Waals surface area contributed by atoms with Crippen LogP contribution in [0.1, 0.15) is 41.6 Å². The Bertz CT molecular complexity index is 1180. The Hall–Kier alpha value is -3.40. The van der Waals surface area contributed by atoms with Crippen LogP contribution < -0.4 is 10.2 Å². The molecule has 35 heavy (non-hydrogen) atoms. The third-order valence-corrected chi connectivity index (χ3v) is 6.41. The minimum Gasteiger partial charge on any atom is -0.452 e. The molecule has 184 valence electrons. The lowest BCUT2D eigenvalue weighted by Gasteiger charge is -2.19. The monoisotopic (exact) mass is 508 g/mol. The minimum atomic E-state index is -4.63. The van der Waals surface area contributed by atoms with Gasteiger partial charge in [-0.25, -0.2) is 4.79 Å². The number of imide groups is 1. The number of rotatable bonds is 5. The van der Waals surface area contributed by atoms with E-state index in [1.807, 2.05) is 0 Å². The number of amides is 3. The predicted molar refractivity (Wildman–Crippen MR) is 120 cm³/mol. The standard InChI is InChI=1S/C24H20ClF3N2O5/c25-18-9-8-14(24(26,27)28)11-19(18)29-20(31)12-35-23(34)13-4-3-5-15(10-13)30-21(32)16-6-1-2-7-17(16)22(30)33/h3-5,8-11,16-17H,1-2,6-7,12H2,(H,29,31)/t16-,17+. The molecule has 4 rings (SSSR count). The fraction of sp³-hybridized carbons (Fsp3) is 0.333. The van der Waals surface area contributed by atoms with E-state index in [2.05, 4.69) is 5.32 Å². The molecule has 11 heteroatoms. The van der Waals surface area contributed by atoms with Crippen molar-refractivity contribution in [2.75, 3.05) is 16.8 Å². The van der Waals surface area contributed by atoms with Crippen molar-refractivity contribution >= 4 is 46.7 Å². The van der Waals surface area contributed by atoms with Crippen LogP contribution in [-0.4, -0.2) is 30.3 Å². The first-order valence-electron chi connectivity index (χ1n) is 10.9. The third kappa shape index (κ3) is 5.17. The highest BCUT2D eigenvalue weighted by atomic mass is 35.5. The van der Waals surface area contributed by atoms with Crippen molar-refractivity contribution in [3.05, 3.63) is 58.6 Å². The molecule has 0 unspecified atom stereocenters. The summed E-state index contributed by atoms with van der Waals surface area (Å²) in [5, 5.41) is 2.06. The summed E-state index contributed by atoms with van der Waals surface area (Å²) in [6.45, 7) is -0.790. The molecule has 1 aliphatic carbocycles. The molecule has 1 aliphatic heterocycles. The summed E-state index contributed by atoms with van der Waals surface area (Å²) in [7, 11) is 0. The Kier molecular flexibility index (Phi) is 6.84.